The molecule has 2 aromatic carbocycles. The topological polar surface area (TPSA) is 44.1 Å². The monoisotopic (exact) mass is 290 g/mol. The van der Waals surface area contributed by atoms with Crippen LogP contribution in [0.1, 0.15) is 10.4 Å². The lowest BCUT2D eigenvalue weighted by Crippen LogP contribution is -2.10. The van der Waals surface area contributed by atoms with Crippen molar-refractivity contribution in [3.8, 4) is 11.4 Å². The quantitative estimate of drug-likeness (QED) is 0.503. The van der Waals surface area contributed by atoms with Crippen LogP contribution in [0.25, 0.3) is 33.2 Å². The summed E-state index contributed by atoms with van der Waals surface area (Å²) in [5.74, 6) is -0.357. The summed E-state index contributed by atoms with van der Waals surface area (Å²) in [6.45, 7) is 0. The first-order valence-electron chi connectivity index (χ1n) is 7.06. The highest BCUT2D eigenvalue weighted by Crippen LogP contribution is 2.37. The average Bonchev–Trinajstić information content (AvgIpc) is 2.94. The molecule has 2 heterocycles. The van der Waals surface area contributed by atoms with E-state index in [9.17, 15) is 4.79 Å². The van der Waals surface area contributed by atoms with E-state index in [0.29, 0.717) is 11.3 Å². The Balaban J connectivity index is 2.30. The van der Waals surface area contributed by atoms with E-state index in [2.05, 4.69) is 9.55 Å². The van der Waals surface area contributed by atoms with Crippen molar-refractivity contribution in [3.63, 3.8) is 0 Å². The molecular weight excluding hydrogens is 276 g/mol. The lowest BCUT2D eigenvalue weighted by atomic mass is 10.0. The summed E-state index contributed by atoms with van der Waals surface area (Å²) in [5, 5.41) is 1.89. The fourth-order valence-electron chi connectivity index (χ4n) is 3.12. The van der Waals surface area contributed by atoms with E-state index in [4.69, 9.17) is 4.74 Å². The van der Waals surface area contributed by atoms with Gasteiger partial charge >= 0.3 is 5.97 Å². The van der Waals surface area contributed by atoms with Gasteiger partial charge in [0.15, 0.2) is 0 Å². The molecule has 0 fully saturated rings. The molecule has 0 saturated heterocycles. The average molecular weight is 290 g/mol. The predicted octanol–water partition coefficient (Wildman–Crippen LogP) is 3.62. The Morgan fingerprint density at radius 2 is 1.73 bits per heavy atom. The van der Waals surface area contributed by atoms with Crippen LogP contribution in [0.15, 0.2) is 48.5 Å². The molecule has 2 aliphatic rings. The highest BCUT2D eigenvalue weighted by molar-refractivity contribution is 6.13. The summed E-state index contributed by atoms with van der Waals surface area (Å²) in [7, 11) is 3.40. The molecule has 0 aromatic heterocycles. The number of carbonyl (C=O) groups is 1. The highest BCUT2D eigenvalue weighted by Gasteiger charge is 2.26. The van der Waals surface area contributed by atoms with Gasteiger partial charge in [-0.3, -0.25) is 0 Å². The van der Waals surface area contributed by atoms with Crippen molar-refractivity contribution in [1.29, 1.82) is 0 Å². The number of carbonyl (C=O) groups excluding carboxylic acids is 1. The first kappa shape index (κ1) is 12.8. The number of hydrogen-bond donors (Lipinski definition) is 0. The highest BCUT2D eigenvalue weighted by atomic mass is 16.5. The number of pyridine rings is 1. The summed E-state index contributed by atoms with van der Waals surface area (Å²) in [6, 6.07) is 15.7. The molecule has 0 bridgehead atoms. The van der Waals surface area contributed by atoms with Crippen LogP contribution in [0.5, 0.6) is 0 Å². The van der Waals surface area contributed by atoms with Crippen molar-refractivity contribution in [2.45, 2.75) is 0 Å². The van der Waals surface area contributed by atoms with E-state index in [-0.39, 0.29) is 5.97 Å². The maximum atomic E-state index is 12.4. The molecule has 4 heteroatoms. The summed E-state index contributed by atoms with van der Waals surface area (Å²) >= 11 is 0. The van der Waals surface area contributed by atoms with Crippen LogP contribution in [0.2, 0.25) is 0 Å². The summed E-state index contributed by atoms with van der Waals surface area (Å²) in [5.41, 5.74) is 4.04. The van der Waals surface area contributed by atoms with Gasteiger partial charge in [-0.1, -0.05) is 36.4 Å². The van der Waals surface area contributed by atoms with Gasteiger partial charge in [0.1, 0.15) is 5.69 Å². The fraction of sp³-hybridized carbons (Fsp3) is 0.111. The van der Waals surface area contributed by atoms with E-state index in [1.807, 2.05) is 55.6 Å². The number of para-hydroxylation sites is 2. The van der Waals surface area contributed by atoms with Crippen LogP contribution in [0.4, 0.5) is 0 Å². The summed E-state index contributed by atoms with van der Waals surface area (Å²) in [6.07, 6.45) is 0. The van der Waals surface area contributed by atoms with E-state index in [1.165, 1.54) is 7.11 Å². The summed E-state index contributed by atoms with van der Waals surface area (Å²) < 4.78 is 7.09. The molecule has 22 heavy (non-hydrogen) atoms. The number of benzene rings is 2. The molecule has 0 radical (unpaired) electrons. The van der Waals surface area contributed by atoms with Crippen LogP contribution in [-0.4, -0.2) is 22.6 Å². The molecule has 108 valence electrons. The van der Waals surface area contributed by atoms with Crippen LogP contribution >= 0.6 is 0 Å². The normalized spacial score (nSPS) is 11.4. The Hall–Kier alpha value is -2.88. The number of aromatic nitrogens is 2. The zero-order valence-corrected chi connectivity index (χ0v) is 12.3. The number of rotatable bonds is 1. The first-order valence-corrected chi connectivity index (χ1v) is 7.06. The molecular formula is C18H14N2O2. The molecule has 0 aliphatic carbocycles. The SMILES string of the molecule is COC(=O)c1c2nc3ccccc3c-2n(C)c2ccccc12. The van der Waals surface area contributed by atoms with Crippen molar-refractivity contribution >= 4 is 27.8 Å². The van der Waals surface area contributed by atoms with Crippen molar-refractivity contribution < 1.29 is 9.53 Å². The van der Waals surface area contributed by atoms with Crippen LogP contribution < -0.4 is 0 Å². The van der Waals surface area contributed by atoms with E-state index >= 15 is 0 Å². The molecule has 2 aromatic rings. The Morgan fingerprint density at radius 1 is 1.05 bits per heavy atom. The zero-order valence-electron chi connectivity index (χ0n) is 12.3. The molecule has 4 nitrogen and oxygen atoms in total. The number of ether oxygens (including phenoxy) is 1. The van der Waals surface area contributed by atoms with Gasteiger partial charge in [-0.25, -0.2) is 9.78 Å². The van der Waals surface area contributed by atoms with Crippen LogP contribution in [-0.2, 0) is 11.8 Å². The smallest absolute Gasteiger partial charge is 0.340 e. The number of aryl methyl sites for hydroxylation is 1. The molecule has 0 saturated carbocycles. The van der Waals surface area contributed by atoms with Gasteiger partial charge in [0, 0.05) is 23.3 Å². The fourth-order valence-corrected chi connectivity index (χ4v) is 3.12. The molecule has 4 rings (SSSR count). The Morgan fingerprint density at radius 3 is 2.50 bits per heavy atom. The van der Waals surface area contributed by atoms with E-state index in [0.717, 1.165) is 27.5 Å². The molecule has 2 aliphatic heterocycles. The minimum absolute atomic E-state index is 0.357. The third kappa shape index (κ3) is 1.58. The molecule has 0 unspecified atom stereocenters. The Labute approximate surface area is 127 Å². The van der Waals surface area contributed by atoms with Gasteiger partial charge in [-0.15, -0.1) is 0 Å². The lowest BCUT2D eigenvalue weighted by Gasteiger charge is -2.16. The van der Waals surface area contributed by atoms with Crippen molar-refractivity contribution in [2.24, 2.45) is 7.05 Å². The van der Waals surface area contributed by atoms with Gasteiger partial charge in [0.2, 0.25) is 0 Å². The molecule has 0 atom stereocenters. The minimum Gasteiger partial charge on any atom is -0.465 e. The molecule has 0 N–H and O–H groups in total. The third-order valence-corrected chi connectivity index (χ3v) is 4.11. The van der Waals surface area contributed by atoms with Gasteiger partial charge in [0.05, 0.1) is 23.9 Å². The molecule has 0 amide bonds. The van der Waals surface area contributed by atoms with Crippen molar-refractivity contribution in [3.05, 3.63) is 54.1 Å². The number of esters is 1. The Kier molecular flexibility index (Phi) is 2.66. The van der Waals surface area contributed by atoms with Gasteiger partial charge in [-0.05, 0) is 12.1 Å². The standard InChI is InChI=1S/C18H14N2O2/c1-20-14-10-6-4-8-12(14)15(18(21)22-2)16-17(20)11-7-3-5-9-13(11)19-16/h3-10H,1-2H3. The zero-order chi connectivity index (χ0) is 15.3. The second-order valence-corrected chi connectivity index (χ2v) is 5.27. The second kappa shape index (κ2) is 4.56. The second-order valence-electron chi connectivity index (χ2n) is 5.27. The largest absolute Gasteiger partial charge is 0.465 e. The lowest BCUT2D eigenvalue weighted by molar-refractivity contribution is 0.0603. The number of fused-ring (bicyclic) bond motifs is 4. The van der Waals surface area contributed by atoms with Crippen LogP contribution in [0.3, 0.4) is 0 Å². The predicted molar refractivity (Wildman–Crippen MR) is 86.2 cm³/mol. The van der Waals surface area contributed by atoms with Crippen molar-refractivity contribution in [2.75, 3.05) is 7.11 Å². The van der Waals surface area contributed by atoms with Gasteiger partial charge < -0.3 is 9.30 Å². The number of methoxy groups -OCH3 is 1. The van der Waals surface area contributed by atoms with E-state index in [1.54, 1.807) is 0 Å². The minimum atomic E-state index is -0.357. The number of nitrogens with zero attached hydrogens (tertiary/aromatic N) is 2. The molecule has 0 spiro atoms. The maximum Gasteiger partial charge on any atom is 0.340 e. The van der Waals surface area contributed by atoms with Crippen LogP contribution in [0, 0.1) is 0 Å². The Bertz CT molecular complexity index is 1000. The summed E-state index contributed by atoms with van der Waals surface area (Å²) in [4.78, 5) is 17.0. The first-order chi connectivity index (χ1) is 10.7. The van der Waals surface area contributed by atoms with Gasteiger partial charge in [-0.2, -0.15) is 0 Å². The number of hydrogen-bond acceptors (Lipinski definition) is 3. The third-order valence-electron chi connectivity index (χ3n) is 4.11. The van der Waals surface area contributed by atoms with E-state index < -0.39 is 0 Å². The van der Waals surface area contributed by atoms with Gasteiger partial charge in [0.25, 0.3) is 0 Å². The maximum absolute atomic E-state index is 12.4. The van der Waals surface area contributed by atoms with Crippen molar-refractivity contribution in [1.82, 2.24) is 9.55 Å².